The van der Waals surface area contributed by atoms with E-state index in [4.69, 9.17) is 15.2 Å². The Morgan fingerprint density at radius 3 is 2.09 bits per heavy atom. The van der Waals surface area contributed by atoms with E-state index in [2.05, 4.69) is 42.0 Å². The molecule has 1 aromatic rings. The molecule has 244 valence electrons. The van der Waals surface area contributed by atoms with Gasteiger partial charge < -0.3 is 36.5 Å². The molecule has 6 N–H and O–H groups in total. The van der Waals surface area contributed by atoms with E-state index in [1.807, 2.05) is 34.6 Å². The predicted molar refractivity (Wildman–Crippen MR) is 170 cm³/mol. The second-order valence-electron chi connectivity index (χ2n) is 13.6. The Labute approximate surface area is 257 Å². The molecule has 0 heterocycles. The van der Waals surface area contributed by atoms with Crippen molar-refractivity contribution in [3.63, 3.8) is 0 Å². The number of carbonyl (C=O) groups excluding carboxylic acids is 4. The SMILES string of the molecule is CC(C)[C@H](NC(C)(C)C)C(=O)C[C@@H](CCCNC(N)=O)C(=O)Nc1ccc(COC(=O)NCCCOCC(C)(C)C)cc1. The van der Waals surface area contributed by atoms with Crippen LogP contribution in [0.15, 0.2) is 24.3 Å². The molecule has 0 saturated carbocycles. The molecule has 0 aliphatic heterocycles. The van der Waals surface area contributed by atoms with Gasteiger partial charge in [-0.3, -0.25) is 9.59 Å². The summed E-state index contributed by atoms with van der Waals surface area (Å²) in [6.07, 6.45) is 1.15. The van der Waals surface area contributed by atoms with Crippen molar-refractivity contribution in [1.29, 1.82) is 0 Å². The second-order valence-corrected chi connectivity index (χ2v) is 13.6. The number of ketones is 1. The highest BCUT2D eigenvalue weighted by atomic mass is 16.5. The van der Waals surface area contributed by atoms with Crippen LogP contribution in [-0.2, 0) is 25.7 Å². The Kier molecular flexibility index (Phi) is 16.3. The van der Waals surface area contributed by atoms with E-state index >= 15 is 0 Å². The van der Waals surface area contributed by atoms with Crippen LogP contribution >= 0.6 is 0 Å². The standard InChI is InChI=1S/C32H55N5O6/c1-22(2)27(37-32(6,7)8)26(38)19-24(11-9-16-34-29(33)40)28(39)36-25-14-12-23(13-15-25)20-43-30(41)35-17-10-18-42-21-31(3,4)5/h12-15,22,24,27,37H,9-11,16-21H2,1-8H3,(H,35,41)(H,36,39)(H3,33,34,40)/t24-,27+/m1/s1. The van der Waals surface area contributed by atoms with E-state index in [1.165, 1.54) is 0 Å². The average Bonchev–Trinajstić information content (AvgIpc) is 2.89. The van der Waals surface area contributed by atoms with Crippen molar-refractivity contribution >= 4 is 29.5 Å². The van der Waals surface area contributed by atoms with Gasteiger partial charge in [-0.1, -0.05) is 46.8 Å². The molecule has 0 radical (unpaired) electrons. The zero-order valence-electron chi connectivity index (χ0n) is 27.4. The molecule has 1 aromatic carbocycles. The summed E-state index contributed by atoms with van der Waals surface area (Å²) >= 11 is 0. The van der Waals surface area contributed by atoms with Gasteiger partial charge in [-0.25, -0.2) is 9.59 Å². The number of amides is 4. The lowest BCUT2D eigenvalue weighted by Crippen LogP contribution is -2.51. The first kappa shape index (κ1) is 37.8. The Hall–Kier alpha value is -3.18. The Morgan fingerprint density at radius 2 is 1.53 bits per heavy atom. The van der Waals surface area contributed by atoms with E-state index in [-0.39, 0.29) is 41.6 Å². The molecule has 4 amide bonds. The number of hydrogen-bond acceptors (Lipinski definition) is 7. The summed E-state index contributed by atoms with van der Waals surface area (Å²) in [4.78, 5) is 49.6. The molecule has 0 aliphatic carbocycles. The van der Waals surface area contributed by atoms with Gasteiger partial charge in [0, 0.05) is 43.3 Å². The lowest BCUT2D eigenvalue weighted by molar-refractivity contribution is -0.128. The minimum Gasteiger partial charge on any atom is -0.445 e. The van der Waals surface area contributed by atoms with Crippen molar-refractivity contribution in [3.8, 4) is 0 Å². The van der Waals surface area contributed by atoms with Crippen LogP contribution in [0.2, 0.25) is 0 Å². The van der Waals surface area contributed by atoms with E-state index in [9.17, 15) is 19.2 Å². The van der Waals surface area contributed by atoms with Crippen molar-refractivity contribution < 1.29 is 28.7 Å². The van der Waals surface area contributed by atoms with Crippen LogP contribution < -0.4 is 27.0 Å². The monoisotopic (exact) mass is 605 g/mol. The molecule has 0 aromatic heterocycles. The van der Waals surface area contributed by atoms with Crippen molar-refractivity contribution in [1.82, 2.24) is 16.0 Å². The van der Waals surface area contributed by atoms with Crippen LogP contribution in [0, 0.1) is 17.3 Å². The highest BCUT2D eigenvalue weighted by Crippen LogP contribution is 2.20. The van der Waals surface area contributed by atoms with Crippen LogP contribution in [0.25, 0.3) is 0 Å². The maximum absolute atomic E-state index is 13.3. The number of nitrogens with one attached hydrogen (secondary N) is 4. The molecule has 0 spiro atoms. The zero-order chi connectivity index (χ0) is 32.6. The van der Waals surface area contributed by atoms with E-state index in [1.54, 1.807) is 24.3 Å². The molecule has 0 fully saturated rings. The number of urea groups is 1. The van der Waals surface area contributed by atoms with Crippen molar-refractivity contribution in [2.75, 3.05) is 31.6 Å². The van der Waals surface area contributed by atoms with Gasteiger partial charge in [-0.05, 0) is 69.1 Å². The Bertz CT molecular complexity index is 1010. The van der Waals surface area contributed by atoms with Crippen LogP contribution in [-0.4, -0.2) is 61.7 Å². The van der Waals surface area contributed by atoms with E-state index in [0.29, 0.717) is 51.3 Å². The predicted octanol–water partition coefficient (Wildman–Crippen LogP) is 4.74. The summed E-state index contributed by atoms with van der Waals surface area (Å²) in [7, 11) is 0. The first-order valence-corrected chi connectivity index (χ1v) is 15.2. The zero-order valence-corrected chi connectivity index (χ0v) is 27.4. The second kappa shape index (κ2) is 18.5. The van der Waals surface area contributed by atoms with Crippen molar-refractivity contribution in [2.24, 2.45) is 23.0 Å². The number of alkyl carbamates (subject to hydrolysis) is 1. The van der Waals surface area contributed by atoms with Crippen LogP contribution in [0.3, 0.4) is 0 Å². The topological polar surface area (TPSA) is 161 Å². The molecule has 0 aliphatic rings. The van der Waals surface area contributed by atoms with Gasteiger partial charge in [0.25, 0.3) is 0 Å². The van der Waals surface area contributed by atoms with Crippen LogP contribution in [0.5, 0.6) is 0 Å². The number of carbonyl (C=O) groups is 4. The third-order valence-electron chi connectivity index (χ3n) is 6.31. The maximum Gasteiger partial charge on any atom is 0.407 e. The highest BCUT2D eigenvalue weighted by Gasteiger charge is 2.30. The van der Waals surface area contributed by atoms with E-state index < -0.39 is 24.1 Å². The lowest BCUT2D eigenvalue weighted by atomic mass is 9.88. The smallest absolute Gasteiger partial charge is 0.407 e. The Balaban J connectivity index is 2.68. The minimum absolute atomic E-state index is 0.0313. The maximum atomic E-state index is 13.3. The number of hydrogen-bond donors (Lipinski definition) is 5. The highest BCUT2D eigenvalue weighted by molar-refractivity contribution is 5.96. The minimum atomic E-state index is -0.630. The third kappa shape index (κ3) is 18.2. The first-order chi connectivity index (χ1) is 20.0. The number of ether oxygens (including phenoxy) is 2. The Morgan fingerprint density at radius 1 is 0.907 bits per heavy atom. The van der Waals surface area contributed by atoms with Gasteiger partial charge in [-0.15, -0.1) is 0 Å². The molecule has 11 nitrogen and oxygen atoms in total. The number of nitrogens with two attached hydrogens (primary N) is 1. The molecular weight excluding hydrogens is 550 g/mol. The molecule has 0 saturated heterocycles. The van der Waals surface area contributed by atoms with Crippen molar-refractivity contribution in [2.45, 2.75) is 99.3 Å². The summed E-state index contributed by atoms with van der Waals surface area (Å²) in [6.45, 7) is 18.4. The summed E-state index contributed by atoms with van der Waals surface area (Å²) in [5, 5.41) is 11.5. The van der Waals surface area contributed by atoms with Gasteiger partial charge in [0.2, 0.25) is 5.91 Å². The van der Waals surface area contributed by atoms with Gasteiger partial charge in [0.1, 0.15) is 6.61 Å². The molecule has 1 rings (SSSR count). The summed E-state index contributed by atoms with van der Waals surface area (Å²) in [6, 6.07) is 5.97. The van der Waals surface area contributed by atoms with Gasteiger partial charge in [-0.2, -0.15) is 0 Å². The number of benzene rings is 1. The number of Topliss-reactive ketones (excluding diaryl/α,β-unsaturated/α-hetero) is 1. The quantitative estimate of drug-likeness (QED) is 0.151. The fraction of sp³-hybridized carbons (Fsp3) is 0.688. The molecule has 11 heteroatoms. The summed E-state index contributed by atoms with van der Waals surface area (Å²) in [5.74, 6) is -0.844. The number of primary amides is 1. The lowest BCUT2D eigenvalue weighted by Gasteiger charge is -2.31. The number of rotatable bonds is 18. The first-order valence-electron chi connectivity index (χ1n) is 15.2. The molecule has 0 unspecified atom stereocenters. The largest absolute Gasteiger partial charge is 0.445 e. The molecule has 2 atom stereocenters. The summed E-state index contributed by atoms with van der Waals surface area (Å²) < 4.78 is 10.9. The fourth-order valence-corrected chi connectivity index (χ4v) is 4.21. The number of anilines is 1. The normalized spacial score (nSPS) is 13.2. The van der Waals surface area contributed by atoms with Crippen LogP contribution in [0.1, 0.15) is 86.6 Å². The molecule has 43 heavy (non-hydrogen) atoms. The van der Waals surface area contributed by atoms with Gasteiger partial charge in [0.05, 0.1) is 12.6 Å². The van der Waals surface area contributed by atoms with Crippen molar-refractivity contribution in [3.05, 3.63) is 29.8 Å². The molecular formula is C32H55N5O6. The van der Waals surface area contributed by atoms with Gasteiger partial charge >= 0.3 is 12.1 Å². The van der Waals surface area contributed by atoms with E-state index in [0.717, 1.165) is 5.56 Å². The van der Waals surface area contributed by atoms with Crippen LogP contribution in [0.4, 0.5) is 15.3 Å². The molecule has 0 bridgehead atoms. The van der Waals surface area contributed by atoms with Gasteiger partial charge in [0.15, 0.2) is 5.78 Å². The summed E-state index contributed by atoms with van der Waals surface area (Å²) in [5.41, 5.74) is 6.33. The third-order valence-corrected chi connectivity index (χ3v) is 6.31. The fourth-order valence-electron chi connectivity index (χ4n) is 4.21. The average molecular weight is 606 g/mol.